The molecular weight excluding hydrogens is 116 g/mol. The van der Waals surface area contributed by atoms with Crippen LogP contribution >= 0.6 is 24.2 Å². The van der Waals surface area contributed by atoms with Crippen LogP contribution in [0.5, 0.6) is 0 Å². The van der Waals surface area contributed by atoms with Crippen molar-refractivity contribution in [2.75, 3.05) is 0 Å². The van der Waals surface area contributed by atoms with E-state index in [0.717, 1.165) is 4.34 Å². The first-order valence-corrected chi connectivity index (χ1v) is 2.57. The Morgan fingerprint density at radius 1 is 1.83 bits per heavy atom. The molecule has 0 saturated heterocycles. The minimum atomic E-state index is 0.718. The lowest BCUT2D eigenvalue weighted by Gasteiger charge is -1.61. The topological polar surface area (TPSA) is 25.8 Å². The van der Waals surface area contributed by atoms with E-state index in [-0.39, 0.29) is 0 Å². The van der Waals surface area contributed by atoms with Crippen LogP contribution in [0, 0.1) is 0 Å². The Hall–Kier alpha value is -0.0900. The third-order valence-corrected chi connectivity index (χ3v) is 1.18. The van der Waals surface area contributed by atoms with Gasteiger partial charge in [-0.2, -0.15) is 4.37 Å². The first kappa shape index (κ1) is 4.08. The highest BCUT2D eigenvalue weighted by Gasteiger charge is 1.79. The Morgan fingerprint density at radius 2 is 2.67 bits per heavy atom. The van der Waals surface area contributed by atoms with Gasteiger partial charge in [0.05, 0.1) is 0 Å². The molecule has 1 rings (SSSR count). The van der Waals surface area contributed by atoms with Crippen LogP contribution in [-0.4, -0.2) is 9.36 Å². The molecule has 1 heterocycles. The lowest BCUT2D eigenvalue weighted by Crippen LogP contribution is -1.50. The van der Waals surface area contributed by atoms with Crippen LogP contribution in [0.15, 0.2) is 10.7 Å². The molecular formula is C2H2N2S2. The standard InChI is InChI=1S/C2H2N2S2/c5-2-3-1-4-6-2/h1H,(H,3,4,5). The van der Waals surface area contributed by atoms with Gasteiger partial charge in [-0.15, -0.1) is 12.6 Å². The fourth-order valence-electron chi connectivity index (χ4n) is 0.167. The minimum absolute atomic E-state index is 0.718. The predicted octanol–water partition coefficient (Wildman–Crippen LogP) is 0.827. The molecule has 0 radical (unpaired) electrons. The summed E-state index contributed by atoms with van der Waals surface area (Å²) in [4.78, 5) is 3.69. The zero-order valence-corrected chi connectivity index (χ0v) is 4.54. The van der Waals surface area contributed by atoms with Gasteiger partial charge in [-0.3, -0.25) is 0 Å². The van der Waals surface area contributed by atoms with Crippen LogP contribution in [0.1, 0.15) is 0 Å². The zero-order valence-electron chi connectivity index (χ0n) is 2.83. The van der Waals surface area contributed by atoms with Gasteiger partial charge in [0.2, 0.25) is 0 Å². The molecule has 0 aliphatic carbocycles. The van der Waals surface area contributed by atoms with E-state index in [2.05, 4.69) is 22.0 Å². The van der Waals surface area contributed by atoms with Crippen molar-refractivity contribution in [1.82, 2.24) is 9.36 Å². The molecule has 0 unspecified atom stereocenters. The van der Waals surface area contributed by atoms with E-state index in [1.165, 1.54) is 17.9 Å². The summed E-state index contributed by atoms with van der Waals surface area (Å²) in [5.74, 6) is 0. The Kier molecular flexibility index (Phi) is 1.07. The summed E-state index contributed by atoms with van der Waals surface area (Å²) in [5, 5.41) is 0. The molecule has 0 amide bonds. The summed E-state index contributed by atoms with van der Waals surface area (Å²) in [5.41, 5.74) is 0. The van der Waals surface area contributed by atoms with Crippen molar-refractivity contribution in [2.24, 2.45) is 0 Å². The van der Waals surface area contributed by atoms with Gasteiger partial charge < -0.3 is 0 Å². The van der Waals surface area contributed by atoms with Gasteiger partial charge in [-0.05, 0) is 11.5 Å². The molecule has 4 heteroatoms. The number of thiol groups is 1. The maximum atomic E-state index is 3.88. The van der Waals surface area contributed by atoms with Crippen LogP contribution in [0.3, 0.4) is 0 Å². The summed E-state index contributed by atoms with van der Waals surface area (Å²) >= 11 is 5.16. The summed E-state index contributed by atoms with van der Waals surface area (Å²) < 4.78 is 4.39. The molecule has 0 saturated carbocycles. The molecule has 0 spiro atoms. The summed E-state index contributed by atoms with van der Waals surface area (Å²) in [7, 11) is 0. The largest absolute Gasteiger partial charge is 0.217 e. The van der Waals surface area contributed by atoms with Gasteiger partial charge in [-0.25, -0.2) is 4.98 Å². The van der Waals surface area contributed by atoms with Crippen molar-refractivity contribution >= 4 is 24.2 Å². The van der Waals surface area contributed by atoms with Crippen molar-refractivity contribution in [3.63, 3.8) is 0 Å². The molecule has 0 aliphatic rings. The number of rotatable bonds is 0. The maximum Gasteiger partial charge on any atom is 0.166 e. The molecule has 0 fully saturated rings. The lowest BCUT2D eigenvalue weighted by molar-refractivity contribution is 1.22. The smallest absolute Gasteiger partial charge is 0.166 e. The molecule has 0 bridgehead atoms. The van der Waals surface area contributed by atoms with E-state index in [1.54, 1.807) is 0 Å². The summed E-state index contributed by atoms with van der Waals surface area (Å²) in [6.07, 6.45) is 1.48. The lowest BCUT2D eigenvalue weighted by atomic mass is 11.3. The van der Waals surface area contributed by atoms with Gasteiger partial charge in [0.1, 0.15) is 6.33 Å². The highest BCUT2D eigenvalue weighted by atomic mass is 32.2. The van der Waals surface area contributed by atoms with Crippen molar-refractivity contribution in [1.29, 1.82) is 0 Å². The molecule has 6 heavy (non-hydrogen) atoms. The van der Waals surface area contributed by atoms with E-state index in [0.29, 0.717) is 0 Å². The normalized spacial score (nSPS) is 8.83. The zero-order chi connectivity index (χ0) is 4.41. The van der Waals surface area contributed by atoms with Crippen molar-refractivity contribution in [2.45, 2.75) is 4.34 Å². The van der Waals surface area contributed by atoms with E-state index in [4.69, 9.17) is 0 Å². The maximum absolute atomic E-state index is 3.88. The number of aromatic nitrogens is 2. The fraction of sp³-hybridized carbons (Fsp3) is 0. The fourth-order valence-corrected chi connectivity index (χ4v) is 0.643. The molecule has 2 nitrogen and oxygen atoms in total. The van der Waals surface area contributed by atoms with E-state index in [9.17, 15) is 0 Å². The van der Waals surface area contributed by atoms with Gasteiger partial charge >= 0.3 is 0 Å². The molecule has 1 aromatic rings. The number of hydrogen-bond donors (Lipinski definition) is 1. The van der Waals surface area contributed by atoms with E-state index in [1.807, 2.05) is 0 Å². The monoisotopic (exact) mass is 118 g/mol. The average Bonchev–Trinajstić information content (AvgIpc) is 1.86. The minimum Gasteiger partial charge on any atom is -0.217 e. The van der Waals surface area contributed by atoms with Gasteiger partial charge in [0, 0.05) is 0 Å². The first-order chi connectivity index (χ1) is 2.89. The highest BCUT2D eigenvalue weighted by molar-refractivity contribution is 7.82. The Labute approximate surface area is 44.8 Å². The van der Waals surface area contributed by atoms with Crippen LogP contribution in [-0.2, 0) is 0 Å². The molecule has 32 valence electrons. The van der Waals surface area contributed by atoms with Crippen LogP contribution < -0.4 is 0 Å². The third kappa shape index (κ3) is 0.693. The van der Waals surface area contributed by atoms with E-state index >= 15 is 0 Å². The molecule has 0 aromatic carbocycles. The Morgan fingerprint density at radius 3 is 2.83 bits per heavy atom. The summed E-state index contributed by atoms with van der Waals surface area (Å²) in [6, 6.07) is 0. The van der Waals surface area contributed by atoms with Crippen molar-refractivity contribution in [3.8, 4) is 0 Å². The quantitative estimate of drug-likeness (QED) is 0.510. The van der Waals surface area contributed by atoms with Gasteiger partial charge in [0.15, 0.2) is 4.34 Å². The number of hydrogen-bond acceptors (Lipinski definition) is 4. The average molecular weight is 118 g/mol. The summed E-state index contributed by atoms with van der Waals surface area (Å²) in [6.45, 7) is 0. The van der Waals surface area contributed by atoms with Crippen LogP contribution in [0.4, 0.5) is 0 Å². The molecule has 0 N–H and O–H groups in total. The van der Waals surface area contributed by atoms with Gasteiger partial charge in [-0.1, -0.05) is 0 Å². The SMILES string of the molecule is Sc1ncns1. The third-order valence-electron chi connectivity index (χ3n) is 0.350. The second kappa shape index (κ2) is 1.57. The van der Waals surface area contributed by atoms with Crippen LogP contribution in [0.25, 0.3) is 0 Å². The van der Waals surface area contributed by atoms with Crippen molar-refractivity contribution in [3.05, 3.63) is 6.33 Å². The second-order valence-corrected chi connectivity index (χ2v) is 2.23. The molecule has 0 aliphatic heterocycles. The number of nitrogens with zero attached hydrogens (tertiary/aromatic N) is 2. The molecule has 1 aromatic heterocycles. The predicted molar refractivity (Wildman–Crippen MR) is 27.2 cm³/mol. The first-order valence-electron chi connectivity index (χ1n) is 1.35. The highest BCUT2D eigenvalue weighted by Crippen LogP contribution is 2.02. The Bertz CT molecular complexity index is 113. The van der Waals surface area contributed by atoms with Crippen LogP contribution in [0.2, 0.25) is 0 Å². The second-order valence-electron chi connectivity index (χ2n) is 0.724. The van der Waals surface area contributed by atoms with E-state index < -0.39 is 0 Å². The Balaban J connectivity index is 3.05. The molecule has 0 atom stereocenters. The van der Waals surface area contributed by atoms with Crippen molar-refractivity contribution < 1.29 is 0 Å². The van der Waals surface area contributed by atoms with Gasteiger partial charge in [0.25, 0.3) is 0 Å².